The zero-order chi connectivity index (χ0) is 16.8. The van der Waals surface area contributed by atoms with E-state index in [0.717, 1.165) is 42.5 Å². The van der Waals surface area contributed by atoms with E-state index in [0.29, 0.717) is 12.6 Å². The molecule has 0 aliphatic carbocycles. The van der Waals surface area contributed by atoms with Gasteiger partial charge in [0.05, 0.1) is 5.00 Å². The maximum absolute atomic E-state index is 6.20. The average molecular weight is 363 g/mol. The molecular weight excluding hydrogens is 340 g/mol. The molecule has 1 aliphatic rings. The Labute approximate surface area is 152 Å². The van der Waals surface area contributed by atoms with Crippen molar-refractivity contribution >= 4 is 33.9 Å². The van der Waals surface area contributed by atoms with Crippen LogP contribution in [0.25, 0.3) is 0 Å². The van der Waals surface area contributed by atoms with Crippen LogP contribution in [-0.4, -0.2) is 32.1 Å². The first kappa shape index (κ1) is 17.1. The smallest absolute Gasteiger partial charge is 0.191 e. The Morgan fingerprint density at radius 2 is 2.04 bits per heavy atom. The minimum atomic E-state index is 0.457. The predicted octanol–water partition coefficient (Wildman–Crippen LogP) is 3.74. The van der Waals surface area contributed by atoms with Gasteiger partial charge in [-0.3, -0.25) is 4.99 Å². The van der Waals surface area contributed by atoms with Crippen LogP contribution in [0, 0.1) is 0 Å². The van der Waals surface area contributed by atoms with Crippen LogP contribution in [0.15, 0.2) is 46.8 Å². The summed E-state index contributed by atoms with van der Waals surface area (Å²) < 4.78 is 0. The van der Waals surface area contributed by atoms with Gasteiger partial charge >= 0.3 is 0 Å². The molecule has 1 aliphatic heterocycles. The number of hydrogen-bond donors (Lipinski definition) is 2. The highest BCUT2D eigenvalue weighted by atomic mass is 35.5. The summed E-state index contributed by atoms with van der Waals surface area (Å²) >= 11 is 8.02. The molecule has 2 heterocycles. The Bertz CT molecular complexity index is 663. The highest BCUT2D eigenvalue weighted by molar-refractivity contribution is 7.14. The normalized spacial score (nSPS) is 16.2. The van der Waals surface area contributed by atoms with Crippen molar-refractivity contribution in [2.45, 2.75) is 25.4 Å². The van der Waals surface area contributed by atoms with Crippen LogP contribution in [-0.2, 0) is 6.54 Å². The van der Waals surface area contributed by atoms with Crippen molar-refractivity contribution in [1.29, 1.82) is 0 Å². The van der Waals surface area contributed by atoms with Crippen LogP contribution in [0.3, 0.4) is 0 Å². The molecule has 1 saturated heterocycles. The topological polar surface area (TPSA) is 39.7 Å². The van der Waals surface area contributed by atoms with Gasteiger partial charge in [0.1, 0.15) is 0 Å². The van der Waals surface area contributed by atoms with Crippen LogP contribution in [0.2, 0.25) is 5.02 Å². The maximum Gasteiger partial charge on any atom is 0.191 e. The number of halogens is 1. The van der Waals surface area contributed by atoms with Crippen molar-refractivity contribution in [3.05, 3.63) is 52.4 Å². The summed E-state index contributed by atoms with van der Waals surface area (Å²) in [7, 11) is 1.81. The first-order valence-electron chi connectivity index (χ1n) is 8.25. The SMILES string of the molecule is CN=C(NCc1ccccc1Cl)NC1CCN(c2cccs2)CC1. The molecule has 0 bridgehead atoms. The molecule has 24 heavy (non-hydrogen) atoms. The van der Waals surface area contributed by atoms with Crippen molar-refractivity contribution in [3.8, 4) is 0 Å². The van der Waals surface area contributed by atoms with Crippen LogP contribution in [0.4, 0.5) is 5.00 Å². The largest absolute Gasteiger partial charge is 0.363 e. The Balaban J connectivity index is 1.47. The first-order chi connectivity index (χ1) is 11.8. The number of rotatable bonds is 4. The standard InChI is InChI=1S/C18H23ClN4S/c1-20-18(21-13-14-5-2-3-6-16(14)19)22-15-8-10-23(11-9-15)17-7-4-12-24-17/h2-7,12,15H,8-11,13H2,1H3,(H2,20,21,22). The number of benzene rings is 1. The van der Waals surface area contributed by atoms with Crippen molar-refractivity contribution < 1.29 is 0 Å². The molecule has 2 aromatic rings. The monoisotopic (exact) mass is 362 g/mol. The van der Waals surface area contributed by atoms with Crippen molar-refractivity contribution in [2.24, 2.45) is 4.99 Å². The van der Waals surface area contributed by atoms with E-state index in [-0.39, 0.29) is 0 Å². The zero-order valence-corrected chi connectivity index (χ0v) is 15.4. The molecule has 0 spiro atoms. The Morgan fingerprint density at radius 1 is 1.25 bits per heavy atom. The van der Waals surface area contributed by atoms with Crippen molar-refractivity contribution in [3.63, 3.8) is 0 Å². The van der Waals surface area contributed by atoms with Gasteiger partial charge in [-0.25, -0.2) is 0 Å². The van der Waals surface area contributed by atoms with Gasteiger partial charge in [-0.1, -0.05) is 29.8 Å². The molecule has 3 rings (SSSR count). The molecule has 128 valence electrons. The Hall–Kier alpha value is -1.72. The molecule has 6 heteroatoms. The van der Waals surface area contributed by atoms with E-state index in [9.17, 15) is 0 Å². The van der Waals surface area contributed by atoms with Gasteiger partial charge in [0.25, 0.3) is 0 Å². The molecule has 0 atom stereocenters. The zero-order valence-electron chi connectivity index (χ0n) is 13.8. The van der Waals surface area contributed by atoms with Crippen LogP contribution in [0.5, 0.6) is 0 Å². The minimum absolute atomic E-state index is 0.457. The predicted molar refractivity (Wildman–Crippen MR) is 104 cm³/mol. The van der Waals surface area contributed by atoms with E-state index < -0.39 is 0 Å². The summed E-state index contributed by atoms with van der Waals surface area (Å²) in [5, 5.41) is 11.2. The number of nitrogens with one attached hydrogen (secondary N) is 2. The highest BCUT2D eigenvalue weighted by Gasteiger charge is 2.20. The lowest BCUT2D eigenvalue weighted by Gasteiger charge is -2.33. The van der Waals surface area contributed by atoms with Crippen LogP contribution < -0.4 is 15.5 Å². The minimum Gasteiger partial charge on any atom is -0.363 e. The highest BCUT2D eigenvalue weighted by Crippen LogP contribution is 2.24. The van der Waals surface area contributed by atoms with Crippen molar-refractivity contribution in [2.75, 3.05) is 25.0 Å². The molecule has 1 fully saturated rings. The van der Waals surface area contributed by atoms with Crippen molar-refractivity contribution in [1.82, 2.24) is 10.6 Å². The van der Waals surface area contributed by atoms with Crippen LogP contribution in [0.1, 0.15) is 18.4 Å². The number of piperidine rings is 1. The number of guanidine groups is 1. The third-order valence-electron chi connectivity index (χ3n) is 4.28. The van der Waals surface area contributed by atoms with Gasteiger partial charge in [-0.05, 0) is 42.0 Å². The molecule has 0 radical (unpaired) electrons. The van der Waals surface area contributed by atoms with Gasteiger partial charge in [0.2, 0.25) is 0 Å². The second-order valence-electron chi connectivity index (χ2n) is 5.87. The lowest BCUT2D eigenvalue weighted by atomic mass is 10.1. The fraction of sp³-hybridized carbons (Fsp3) is 0.389. The summed E-state index contributed by atoms with van der Waals surface area (Å²) in [6, 6.07) is 12.7. The summed E-state index contributed by atoms with van der Waals surface area (Å²) in [5.41, 5.74) is 1.08. The molecule has 1 aromatic heterocycles. The molecule has 0 amide bonds. The van der Waals surface area contributed by atoms with Gasteiger partial charge in [0, 0.05) is 37.7 Å². The molecule has 2 N–H and O–H groups in total. The van der Waals surface area contributed by atoms with Gasteiger partial charge in [0.15, 0.2) is 5.96 Å². The average Bonchev–Trinajstić information content (AvgIpc) is 3.15. The quantitative estimate of drug-likeness (QED) is 0.643. The number of hydrogen-bond acceptors (Lipinski definition) is 3. The van der Waals surface area contributed by atoms with E-state index in [1.165, 1.54) is 5.00 Å². The second-order valence-corrected chi connectivity index (χ2v) is 7.21. The summed E-state index contributed by atoms with van der Waals surface area (Å²) in [4.78, 5) is 6.80. The van der Waals surface area contributed by atoms with E-state index >= 15 is 0 Å². The van der Waals surface area contributed by atoms with Gasteiger partial charge in [-0.15, -0.1) is 11.3 Å². The molecule has 1 aromatic carbocycles. The van der Waals surface area contributed by atoms with Gasteiger partial charge in [-0.2, -0.15) is 0 Å². The number of aliphatic imine (C=N–C) groups is 1. The van der Waals surface area contributed by atoms with Crippen LogP contribution >= 0.6 is 22.9 Å². The second kappa shape index (κ2) is 8.40. The van der Waals surface area contributed by atoms with E-state index in [1.807, 2.05) is 42.6 Å². The molecule has 0 saturated carbocycles. The van der Waals surface area contributed by atoms with Gasteiger partial charge < -0.3 is 15.5 Å². The first-order valence-corrected chi connectivity index (χ1v) is 9.51. The summed E-state index contributed by atoms with van der Waals surface area (Å²) in [6.07, 6.45) is 2.23. The third-order valence-corrected chi connectivity index (χ3v) is 5.58. The number of thiophene rings is 1. The molecule has 4 nitrogen and oxygen atoms in total. The Morgan fingerprint density at radius 3 is 2.71 bits per heavy atom. The number of anilines is 1. The summed E-state index contributed by atoms with van der Waals surface area (Å²) in [6.45, 7) is 2.84. The molecular formula is C18H23ClN4S. The lowest BCUT2D eigenvalue weighted by molar-refractivity contribution is 0.463. The van der Waals surface area contributed by atoms with E-state index in [1.54, 1.807) is 0 Å². The Kier molecular flexibility index (Phi) is 5.99. The summed E-state index contributed by atoms with van der Waals surface area (Å²) in [5.74, 6) is 0.837. The molecule has 0 unspecified atom stereocenters. The number of nitrogens with zero attached hydrogens (tertiary/aromatic N) is 2. The lowest BCUT2D eigenvalue weighted by Crippen LogP contribution is -2.48. The van der Waals surface area contributed by atoms with E-state index in [4.69, 9.17) is 11.6 Å². The third kappa shape index (κ3) is 4.42. The fourth-order valence-corrected chi connectivity index (χ4v) is 3.89. The van der Waals surface area contributed by atoms with E-state index in [2.05, 4.69) is 38.0 Å². The maximum atomic E-state index is 6.20. The fourth-order valence-electron chi connectivity index (χ4n) is 2.90.